The molecule has 0 saturated heterocycles. The van der Waals surface area contributed by atoms with E-state index in [4.69, 9.17) is 28.8 Å². The number of nitrogens with zero attached hydrogens (tertiary/aromatic N) is 3. The van der Waals surface area contributed by atoms with Gasteiger partial charge in [-0.1, -0.05) is 151 Å². The van der Waals surface area contributed by atoms with E-state index in [1.54, 1.807) is 0 Å². The molecule has 0 unspecified atom stereocenters. The topological polar surface area (TPSA) is 14.8 Å². The average Bonchev–Trinajstić information content (AvgIpc) is 1.53. The van der Waals surface area contributed by atoms with E-state index in [0.29, 0.717) is 0 Å². The Morgan fingerprint density at radius 2 is 0.579 bits per heavy atom. The molecule has 0 atom stereocenters. The van der Waals surface area contributed by atoms with E-state index in [0.717, 1.165) is 13.7 Å². The summed E-state index contributed by atoms with van der Waals surface area (Å²) in [6.07, 6.45) is 0. The van der Waals surface area contributed by atoms with Gasteiger partial charge in [0.05, 0.1) is 75.6 Å². The first-order valence-electron chi connectivity index (χ1n) is 32.6. The van der Waals surface area contributed by atoms with Crippen LogP contribution in [-0.2, 0) is 0 Å². The molecule has 0 spiro atoms. The number of benzene rings is 9. The van der Waals surface area contributed by atoms with Crippen LogP contribution in [0.25, 0.3) is 105 Å². The fraction of sp³-hybridized carbons (Fsp3) is 0. The van der Waals surface area contributed by atoms with Crippen LogP contribution in [0.3, 0.4) is 0 Å². The minimum Gasteiger partial charge on any atom is -0.309 e. The molecule has 3 heteroatoms. The third-order valence-corrected chi connectivity index (χ3v) is 9.56. The standard InChI is InChI=1S/C54H35N3/c1-2-12-36(13-3-1)37-22-24-38(25-23-37)39-26-28-40(29-27-39)55-49-18-8-6-16-45(49)47-33-31-42(35-53(47)55)57-52-21-11-7-17-46(52)48-32-30-41(34-54(48)57)56-50-19-9-4-14-43(50)44-15-5-10-20-51(44)56/h1-35H/i1D,2D,3D,4D,5D,6D,7D,8D,9D,10D,11D,12D,13D,14D,15D,16D,17D,18D,19D,20D,21D,22D,23D,24D,25D,30D,31D,32D,33D,34D,35D. The second-order valence-corrected chi connectivity index (χ2v) is 12.6. The second-order valence-electron chi connectivity index (χ2n) is 12.6. The summed E-state index contributed by atoms with van der Waals surface area (Å²) < 4.78 is 283. The lowest BCUT2D eigenvalue weighted by atomic mass is 10.0. The van der Waals surface area contributed by atoms with E-state index >= 15 is 0 Å². The summed E-state index contributed by atoms with van der Waals surface area (Å²) in [4.78, 5) is 0. The van der Waals surface area contributed by atoms with Crippen LogP contribution in [0.5, 0.6) is 0 Å². The number of para-hydroxylation sites is 4. The van der Waals surface area contributed by atoms with E-state index in [1.807, 2.05) is 0 Å². The van der Waals surface area contributed by atoms with Crippen LogP contribution in [-0.4, -0.2) is 13.7 Å². The lowest BCUT2D eigenvalue weighted by molar-refractivity contribution is 1.14. The zero-order chi connectivity index (χ0) is 64.4. The lowest BCUT2D eigenvalue weighted by Gasteiger charge is -2.13. The molecule has 3 aromatic heterocycles. The molecule has 0 fully saturated rings. The molecule has 0 saturated carbocycles. The van der Waals surface area contributed by atoms with Gasteiger partial charge in [0.1, 0.15) is 0 Å². The maximum Gasteiger partial charge on any atom is 0.0667 e. The van der Waals surface area contributed by atoms with E-state index in [-0.39, 0.29) is 22.3 Å². The van der Waals surface area contributed by atoms with Crippen molar-refractivity contribution in [3.05, 3.63) is 212 Å². The first-order chi connectivity index (χ1) is 41.2. The molecular weight excluding hydrogens is 691 g/mol. The fourth-order valence-electron chi connectivity index (χ4n) is 7.09. The molecular formula is C54H35N3. The van der Waals surface area contributed by atoms with Gasteiger partial charge in [0.15, 0.2) is 0 Å². The lowest BCUT2D eigenvalue weighted by Crippen LogP contribution is -1.98. The highest BCUT2D eigenvalue weighted by Crippen LogP contribution is 2.39. The smallest absolute Gasteiger partial charge is 0.0667 e. The van der Waals surface area contributed by atoms with Crippen LogP contribution < -0.4 is 0 Å². The van der Waals surface area contributed by atoms with Gasteiger partial charge in [0.25, 0.3) is 0 Å². The first kappa shape index (κ1) is 13.8. The normalized spacial score (nSPS) is 19.5. The van der Waals surface area contributed by atoms with Crippen molar-refractivity contribution in [1.29, 1.82) is 0 Å². The highest BCUT2D eigenvalue weighted by atomic mass is 15.0. The van der Waals surface area contributed by atoms with Gasteiger partial charge in [0.2, 0.25) is 0 Å². The number of rotatable bonds is 5. The van der Waals surface area contributed by atoms with E-state index in [9.17, 15) is 13.7 Å². The maximum absolute atomic E-state index is 10.3. The molecule has 0 N–H and O–H groups in total. The first-order valence-corrected chi connectivity index (χ1v) is 17.1. The Labute approximate surface area is 373 Å². The molecule has 3 heterocycles. The maximum atomic E-state index is 10.3. The predicted octanol–water partition coefficient (Wildman–Crippen LogP) is 14.3. The van der Waals surface area contributed by atoms with Crippen molar-refractivity contribution in [3.63, 3.8) is 0 Å². The molecule has 3 nitrogen and oxygen atoms in total. The quantitative estimate of drug-likeness (QED) is 0.166. The van der Waals surface area contributed by atoms with Crippen molar-refractivity contribution in [1.82, 2.24) is 13.7 Å². The van der Waals surface area contributed by atoms with Crippen molar-refractivity contribution in [2.45, 2.75) is 0 Å². The number of hydrogen-bond donors (Lipinski definition) is 0. The number of fused-ring (bicyclic) bond motifs is 9. The summed E-state index contributed by atoms with van der Waals surface area (Å²) in [5, 5.41) is -2.93. The van der Waals surface area contributed by atoms with Crippen molar-refractivity contribution >= 4 is 65.4 Å². The van der Waals surface area contributed by atoms with E-state index < -0.39 is 270 Å². The third kappa shape index (κ3) is 4.86. The fourth-order valence-corrected chi connectivity index (χ4v) is 7.09. The molecule has 0 aliphatic rings. The molecule has 0 amide bonds. The third-order valence-electron chi connectivity index (χ3n) is 9.56. The van der Waals surface area contributed by atoms with Crippen LogP contribution in [0.1, 0.15) is 42.5 Å². The Morgan fingerprint density at radius 1 is 0.246 bits per heavy atom. The van der Waals surface area contributed by atoms with Gasteiger partial charge in [-0.2, -0.15) is 0 Å². The molecule has 57 heavy (non-hydrogen) atoms. The molecule has 0 aliphatic heterocycles. The molecule has 12 aromatic rings. The zero-order valence-corrected chi connectivity index (χ0v) is 28.7. The van der Waals surface area contributed by atoms with Gasteiger partial charge >= 0.3 is 0 Å². The van der Waals surface area contributed by atoms with Gasteiger partial charge in [-0.25, -0.2) is 0 Å². The van der Waals surface area contributed by atoms with Crippen LogP contribution in [0.4, 0.5) is 0 Å². The van der Waals surface area contributed by atoms with Gasteiger partial charge in [-0.05, 0) is 82.7 Å². The summed E-state index contributed by atoms with van der Waals surface area (Å²) in [5.41, 5.74) is -6.58. The molecule has 266 valence electrons. The van der Waals surface area contributed by atoms with Gasteiger partial charge in [-0.15, -0.1) is 0 Å². The Hall–Kier alpha value is -7.62. The summed E-state index contributed by atoms with van der Waals surface area (Å²) in [6.45, 7) is 0. The van der Waals surface area contributed by atoms with Crippen molar-refractivity contribution in [3.8, 4) is 39.3 Å². The van der Waals surface area contributed by atoms with Gasteiger partial charge in [0, 0.05) is 49.4 Å². The Kier molecular flexibility index (Phi) is 3.02. The average molecular weight is 757 g/mol. The van der Waals surface area contributed by atoms with Crippen LogP contribution in [0.15, 0.2) is 212 Å². The largest absolute Gasteiger partial charge is 0.309 e. The van der Waals surface area contributed by atoms with Crippen molar-refractivity contribution in [2.75, 3.05) is 0 Å². The van der Waals surface area contributed by atoms with Crippen LogP contribution in [0, 0.1) is 0 Å². The molecule has 9 aromatic carbocycles. The van der Waals surface area contributed by atoms with Crippen molar-refractivity contribution in [2.24, 2.45) is 0 Å². The van der Waals surface area contributed by atoms with E-state index in [2.05, 4.69) is 0 Å². The Bertz CT molecular complexity index is 5190. The molecule has 0 radical (unpaired) electrons. The Balaban J connectivity index is 1.22. The van der Waals surface area contributed by atoms with E-state index in [1.165, 1.54) is 24.3 Å². The highest BCUT2D eigenvalue weighted by molar-refractivity contribution is 6.13. The zero-order valence-electron chi connectivity index (χ0n) is 59.7. The predicted molar refractivity (Wildman–Crippen MR) is 240 cm³/mol. The molecule has 12 rings (SSSR count). The highest BCUT2D eigenvalue weighted by Gasteiger charge is 2.19. The van der Waals surface area contributed by atoms with Gasteiger partial charge < -0.3 is 13.7 Å². The summed E-state index contributed by atoms with van der Waals surface area (Å²) >= 11 is 0. The van der Waals surface area contributed by atoms with Crippen LogP contribution >= 0.6 is 0 Å². The minimum absolute atomic E-state index is 0.0232. The SMILES string of the molecule is [2H]c1c([2H])c([2H])c(-c2c([2H])c([2H])c(-c3ccc(-n4c5c([2H])c([2H])c([2H])c([2H])c5c5c([2H])c([2H])c(-n6c7c([2H])c([2H])c([2H])c([2H])c7c7c([2H])c([2H])c(-n8c9c([2H])c([2H])c([2H])c([2H])c9c9c([2H])c([2H])c([2H])c([2H])c98)c([2H])c76)c([2H])c54)cc3)c([2H])c2[2H])c([2H])c1[2H]. The summed E-state index contributed by atoms with van der Waals surface area (Å²) in [7, 11) is 0. The monoisotopic (exact) mass is 756 g/mol. The summed E-state index contributed by atoms with van der Waals surface area (Å²) in [6, 6.07) is -20.7. The molecule has 0 bridgehead atoms. The van der Waals surface area contributed by atoms with Gasteiger partial charge in [-0.3, -0.25) is 0 Å². The number of aromatic nitrogens is 3. The van der Waals surface area contributed by atoms with Crippen LogP contribution in [0.2, 0.25) is 0 Å². The summed E-state index contributed by atoms with van der Waals surface area (Å²) in [5.74, 6) is 0. The Morgan fingerprint density at radius 3 is 1.04 bits per heavy atom. The second kappa shape index (κ2) is 12.5. The minimum atomic E-state index is -0.973. The molecule has 0 aliphatic carbocycles. The van der Waals surface area contributed by atoms with Crippen molar-refractivity contribution < 1.29 is 42.5 Å². The number of hydrogen-bond acceptors (Lipinski definition) is 0.